The normalized spacial score (nSPS) is 24.3. The summed E-state index contributed by atoms with van der Waals surface area (Å²) in [6.07, 6.45) is 9.55. The van der Waals surface area contributed by atoms with E-state index in [1.807, 2.05) is 0 Å². The van der Waals surface area contributed by atoms with E-state index in [0.29, 0.717) is 10.8 Å². The molecule has 0 spiro atoms. The lowest BCUT2D eigenvalue weighted by atomic mass is 9.95. The van der Waals surface area contributed by atoms with Gasteiger partial charge in [-0.3, -0.25) is 0 Å². The quantitative estimate of drug-likeness (QED) is 0.924. The van der Waals surface area contributed by atoms with Crippen molar-refractivity contribution in [3.05, 3.63) is 17.7 Å². The Bertz CT molecular complexity index is 603. The molecular weight excluding hydrogens is 286 g/mol. The molecule has 2 fully saturated rings. The summed E-state index contributed by atoms with van der Waals surface area (Å²) in [6.45, 7) is 1.81. The first kappa shape index (κ1) is 14.9. The van der Waals surface area contributed by atoms with Crippen LogP contribution in [-0.4, -0.2) is 37.7 Å². The summed E-state index contributed by atoms with van der Waals surface area (Å²) < 4.78 is 24.1. The van der Waals surface area contributed by atoms with Crippen LogP contribution in [0, 0.1) is 0 Å². The van der Waals surface area contributed by atoms with Gasteiger partial charge >= 0.3 is 0 Å². The molecule has 1 aliphatic carbocycles. The van der Waals surface area contributed by atoms with E-state index in [1.165, 1.54) is 19.1 Å². The van der Waals surface area contributed by atoms with E-state index in [-0.39, 0.29) is 5.92 Å². The summed E-state index contributed by atoms with van der Waals surface area (Å²) in [6, 6.07) is 0. The zero-order chi connectivity index (χ0) is 14.9. The van der Waals surface area contributed by atoms with Crippen molar-refractivity contribution in [3.8, 4) is 0 Å². The molecule has 21 heavy (non-hydrogen) atoms. The number of aromatic nitrogens is 2. The first-order valence-electron chi connectivity index (χ1n) is 7.83. The Balaban J connectivity index is 2.00. The molecule has 1 aromatic heterocycles. The van der Waals surface area contributed by atoms with Crippen molar-refractivity contribution in [1.82, 2.24) is 15.3 Å². The number of nitrogens with zero attached hydrogens (tertiary/aromatic N) is 2. The number of piperidine rings is 1. The Hall–Kier alpha value is -1.01. The molecular formula is C15H23N3O2S. The molecule has 5 nitrogen and oxygen atoms in total. The van der Waals surface area contributed by atoms with Crippen LogP contribution in [0.3, 0.4) is 0 Å². The van der Waals surface area contributed by atoms with Crippen molar-refractivity contribution in [1.29, 1.82) is 0 Å². The molecule has 0 aromatic carbocycles. The van der Waals surface area contributed by atoms with E-state index in [1.54, 1.807) is 6.20 Å². The van der Waals surface area contributed by atoms with Gasteiger partial charge < -0.3 is 5.32 Å². The Morgan fingerprint density at radius 1 is 1.14 bits per heavy atom. The highest BCUT2D eigenvalue weighted by Gasteiger charge is 2.27. The second-order valence-corrected chi connectivity index (χ2v) is 8.26. The lowest BCUT2D eigenvalue weighted by molar-refractivity contribution is 0.445. The van der Waals surface area contributed by atoms with Crippen molar-refractivity contribution < 1.29 is 8.42 Å². The van der Waals surface area contributed by atoms with Crippen LogP contribution in [0.25, 0.3) is 0 Å². The largest absolute Gasteiger partial charge is 0.316 e. The highest BCUT2D eigenvalue weighted by molar-refractivity contribution is 7.90. The van der Waals surface area contributed by atoms with Gasteiger partial charge in [-0.2, -0.15) is 0 Å². The predicted molar refractivity (Wildman–Crippen MR) is 81.2 cm³/mol. The van der Waals surface area contributed by atoms with Gasteiger partial charge in [-0.15, -0.1) is 0 Å². The van der Waals surface area contributed by atoms with Gasteiger partial charge in [-0.1, -0.05) is 12.8 Å². The van der Waals surface area contributed by atoms with Gasteiger partial charge in [0.15, 0.2) is 9.84 Å². The molecule has 0 radical (unpaired) electrons. The summed E-state index contributed by atoms with van der Waals surface area (Å²) in [5.41, 5.74) is 0.738. The molecule has 1 aliphatic heterocycles. The summed E-state index contributed by atoms with van der Waals surface area (Å²) in [4.78, 5) is 9.40. The Morgan fingerprint density at radius 2 is 1.86 bits per heavy atom. The summed E-state index contributed by atoms with van der Waals surface area (Å²) in [5, 5.41) is 3.35. The molecule has 1 atom stereocenters. The SMILES string of the molecule is CS(=O)(=O)c1cnc(C2CCCC2)nc1C1CCCNC1. The molecule has 1 unspecified atom stereocenters. The lowest BCUT2D eigenvalue weighted by Gasteiger charge is -2.24. The average molecular weight is 309 g/mol. The van der Waals surface area contributed by atoms with Crippen molar-refractivity contribution in [3.63, 3.8) is 0 Å². The first-order chi connectivity index (χ1) is 10.1. The monoisotopic (exact) mass is 309 g/mol. The highest BCUT2D eigenvalue weighted by atomic mass is 32.2. The van der Waals surface area contributed by atoms with Crippen molar-refractivity contribution in [2.75, 3.05) is 19.3 Å². The second kappa shape index (κ2) is 6.01. The molecule has 3 rings (SSSR count). The molecule has 116 valence electrons. The van der Waals surface area contributed by atoms with Crippen LogP contribution in [-0.2, 0) is 9.84 Å². The van der Waals surface area contributed by atoms with Crippen LogP contribution >= 0.6 is 0 Å². The van der Waals surface area contributed by atoms with Crippen molar-refractivity contribution in [2.45, 2.75) is 55.3 Å². The number of rotatable bonds is 3. The topological polar surface area (TPSA) is 72.0 Å². The molecule has 2 heterocycles. The maximum Gasteiger partial charge on any atom is 0.178 e. The minimum absolute atomic E-state index is 0.187. The van der Waals surface area contributed by atoms with Crippen LogP contribution in [0.2, 0.25) is 0 Å². The van der Waals surface area contributed by atoms with E-state index in [2.05, 4.69) is 10.3 Å². The minimum atomic E-state index is -3.28. The van der Waals surface area contributed by atoms with Crippen molar-refractivity contribution >= 4 is 9.84 Å². The van der Waals surface area contributed by atoms with Gasteiger partial charge in [-0.05, 0) is 32.2 Å². The Kier molecular flexibility index (Phi) is 4.26. The van der Waals surface area contributed by atoms with E-state index in [4.69, 9.17) is 4.98 Å². The molecule has 1 saturated heterocycles. The first-order valence-corrected chi connectivity index (χ1v) is 9.72. The molecule has 1 N–H and O–H groups in total. The number of hydrogen-bond donors (Lipinski definition) is 1. The van der Waals surface area contributed by atoms with Gasteiger partial charge in [0, 0.05) is 30.8 Å². The smallest absolute Gasteiger partial charge is 0.178 e. The van der Waals surface area contributed by atoms with Gasteiger partial charge in [0.1, 0.15) is 10.7 Å². The van der Waals surface area contributed by atoms with E-state index < -0.39 is 9.84 Å². The second-order valence-electron chi connectivity index (χ2n) is 6.27. The van der Waals surface area contributed by atoms with Gasteiger partial charge in [0.25, 0.3) is 0 Å². The summed E-state index contributed by atoms with van der Waals surface area (Å²) >= 11 is 0. The van der Waals surface area contributed by atoms with Crippen LogP contribution in [0.4, 0.5) is 0 Å². The third-order valence-corrected chi connectivity index (χ3v) is 5.72. The zero-order valence-corrected chi connectivity index (χ0v) is 13.3. The van der Waals surface area contributed by atoms with Crippen molar-refractivity contribution in [2.24, 2.45) is 0 Å². The number of nitrogens with one attached hydrogen (secondary N) is 1. The summed E-state index contributed by atoms with van der Waals surface area (Å²) in [7, 11) is -3.28. The fourth-order valence-electron chi connectivity index (χ4n) is 3.44. The van der Waals surface area contributed by atoms with Crippen LogP contribution in [0.1, 0.15) is 61.9 Å². The average Bonchev–Trinajstić information content (AvgIpc) is 3.01. The Labute approximate surface area is 126 Å². The fourth-order valence-corrected chi connectivity index (χ4v) is 4.28. The van der Waals surface area contributed by atoms with E-state index in [9.17, 15) is 8.42 Å². The van der Waals surface area contributed by atoms with Crippen LogP contribution in [0.5, 0.6) is 0 Å². The standard InChI is InChI=1S/C15H23N3O2S/c1-21(19,20)13-10-17-15(11-5-2-3-6-11)18-14(13)12-7-4-8-16-9-12/h10-12,16H,2-9H2,1H3. The molecule has 6 heteroatoms. The fraction of sp³-hybridized carbons (Fsp3) is 0.733. The van der Waals surface area contributed by atoms with E-state index in [0.717, 1.165) is 50.3 Å². The minimum Gasteiger partial charge on any atom is -0.316 e. The van der Waals surface area contributed by atoms with Gasteiger partial charge in [0.05, 0.1) is 5.69 Å². The number of hydrogen-bond acceptors (Lipinski definition) is 5. The van der Waals surface area contributed by atoms with E-state index >= 15 is 0 Å². The lowest BCUT2D eigenvalue weighted by Crippen LogP contribution is -2.30. The molecule has 0 amide bonds. The maximum atomic E-state index is 12.0. The van der Waals surface area contributed by atoms with Crippen LogP contribution < -0.4 is 5.32 Å². The molecule has 0 bridgehead atoms. The maximum absolute atomic E-state index is 12.0. The van der Waals surface area contributed by atoms with Gasteiger partial charge in [0.2, 0.25) is 0 Å². The highest BCUT2D eigenvalue weighted by Crippen LogP contribution is 2.34. The third-order valence-electron chi connectivity index (χ3n) is 4.60. The van der Waals surface area contributed by atoms with Crippen LogP contribution in [0.15, 0.2) is 11.1 Å². The number of sulfone groups is 1. The zero-order valence-electron chi connectivity index (χ0n) is 12.5. The Morgan fingerprint density at radius 3 is 2.48 bits per heavy atom. The molecule has 1 aromatic rings. The van der Waals surface area contributed by atoms with Gasteiger partial charge in [-0.25, -0.2) is 18.4 Å². The third kappa shape index (κ3) is 3.26. The molecule has 2 aliphatic rings. The molecule has 1 saturated carbocycles. The predicted octanol–water partition coefficient (Wildman–Crippen LogP) is 2.00. The summed E-state index contributed by atoms with van der Waals surface area (Å²) in [5.74, 6) is 1.45.